The third-order valence-electron chi connectivity index (χ3n) is 4.71. The summed E-state index contributed by atoms with van der Waals surface area (Å²) < 4.78 is 1.12. The molecule has 1 aromatic rings. The first kappa shape index (κ1) is 16.9. The lowest BCUT2D eigenvalue weighted by molar-refractivity contribution is 0.157. The number of nitrogens with two attached hydrogens (primary N) is 1. The van der Waals surface area contributed by atoms with Gasteiger partial charge in [0.2, 0.25) is 0 Å². The molecule has 1 aliphatic heterocycles. The van der Waals surface area contributed by atoms with Crippen LogP contribution in [0.25, 0.3) is 0 Å². The molecule has 1 aromatic carbocycles. The minimum Gasteiger partial charge on any atom is -0.326 e. The Kier molecular flexibility index (Phi) is 6.23. The maximum absolute atomic E-state index is 6.44. The van der Waals surface area contributed by atoms with Crippen molar-refractivity contribution in [2.75, 3.05) is 27.2 Å². The van der Waals surface area contributed by atoms with E-state index in [1.165, 1.54) is 24.9 Å². The van der Waals surface area contributed by atoms with Crippen LogP contribution in [0.2, 0.25) is 0 Å². The molecule has 0 bridgehead atoms. The lowest BCUT2D eigenvalue weighted by Crippen LogP contribution is -2.44. The zero-order chi connectivity index (χ0) is 15.4. The summed E-state index contributed by atoms with van der Waals surface area (Å²) in [5.41, 5.74) is 7.75. The summed E-state index contributed by atoms with van der Waals surface area (Å²) >= 11 is 3.58. The zero-order valence-corrected chi connectivity index (χ0v) is 15.0. The Hall–Kier alpha value is -0.420. The van der Waals surface area contributed by atoms with Gasteiger partial charge in [0.1, 0.15) is 0 Å². The van der Waals surface area contributed by atoms with Crippen molar-refractivity contribution in [3.8, 4) is 0 Å². The van der Waals surface area contributed by atoms with Crippen molar-refractivity contribution in [3.63, 3.8) is 0 Å². The van der Waals surface area contributed by atoms with Crippen molar-refractivity contribution in [1.82, 2.24) is 9.80 Å². The Labute approximate surface area is 137 Å². The van der Waals surface area contributed by atoms with Gasteiger partial charge in [-0.25, -0.2) is 0 Å². The van der Waals surface area contributed by atoms with Crippen molar-refractivity contribution in [3.05, 3.63) is 34.3 Å². The van der Waals surface area contributed by atoms with Crippen molar-refractivity contribution < 1.29 is 0 Å². The van der Waals surface area contributed by atoms with E-state index >= 15 is 0 Å². The molecule has 1 fully saturated rings. The fraction of sp³-hybridized carbons (Fsp3) is 0.647. The summed E-state index contributed by atoms with van der Waals surface area (Å²) in [6, 6.07) is 9.67. The largest absolute Gasteiger partial charge is 0.326 e. The van der Waals surface area contributed by atoms with Gasteiger partial charge in [-0.3, -0.25) is 4.90 Å². The van der Waals surface area contributed by atoms with Crippen molar-refractivity contribution >= 4 is 15.9 Å². The van der Waals surface area contributed by atoms with Gasteiger partial charge in [-0.1, -0.05) is 35.0 Å². The second kappa shape index (κ2) is 7.73. The smallest absolute Gasteiger partial charge is 0.0497 e. The molecule has 0 aliphatic carbocycles. The number of likely N-dealkylation sites (N-methyl/N-ethyl adjacent to an activating group) is 2. The molecule has 3 unspecified atom stereocenters. The van der Waals surface area contributed by atoms with Crippen LogP contribution in [0.4, 0.5) is 0 Å². The summed E-state index contributed by atoms with van der Waals surface area (Å²) in [5, 5.41) is 0. The molecule has 1 saturated heterocycles. The normalized spacial score (nSPS) is 22.7. The van der Waals surface area contributed by atoms with E-state index in [-0.39, 0.29) is 12.1 Å². The van der Waals surface area contributed by atoms with Crippen LogP contribution < -0.4 is 5.73 Å². The van der Waals surface area contributed by atoms with Gasteiger partial charge in [-0.15, -0.1) is 0 Å². The Bertz CT molecular complexity index is 451. The average Bonchev–Trinajstić information content (AvgIpc) is 2.84. The van der Waals surface area contributed by atoms with E-state index in [2.05, 4.69) is 71.0 Å². The molecule has 0 aromatic heterocycles. The van der Waals surface area contributed by atoms with Crippen LogP contribution in [0.3, 0.4) is 0 Å². The quantitative estimate of drug-likeness (QED) is 0.851. The van der Waals surface area contributed by atoms with Gasteiger partial charge < -0.3 is 10.6 Å². The van der Waals surface area contributed by atoms with Crippen LogP contribution >= 0.6 is 15.9 Å². The number of nitrogens with zero attached hydrogens (tertiary/aromatic N) is 2. The van der Waals surface area contributed by atoms with Gasteiger partial charge in [-0.2, -0.15) is 0 Å². The first-order valence-electron chi connectivity index (χ1n) is 7.94. The van der Waals surface area contributed by atoms with Crippen LogP contribution in [0.1, 0.15) is 37.8 Å². The summed E-state index contributed by atoms with van der Waals surface area (Å²) in [4.78, 5) is 4.92. The highest BCUT2D eigenvalue weighted by atomic mass is 79.9. The van der Waals surface area contributed by atoms with Gasteiger partial charge >= 0.3 is 0 Å². The van der Waals surface area contributed by atoms with E-state index in [1.54, 1.807) is 0 Å². The minimum atomic E-state index is 0.163. The number of halogens is 1. The molecule has 1 heterocycles. The molecular formula is C17H28BrN3. The molecule has 4 heteroatoms. The zero-order valence-electron chi connectivity index (χ0n) is 13.4. The molecule has 2 N–H and O–H groups in total. The van der Waals surface area contributed by atoms with Gasteiger partial charge in [-0.05, 0) is 57.6 Å². The molecule has 1 aliphatic rings. The third kappa shape index (κ3) is 4.28. The molecular weight excluding hydrogens is 326 g/mol. The number of hydrogen-bond donors (Lipinski definition) is 1. The van der Waals surface area contributed by atoms with E-state index in [9.17, 15) is 0 Å². The SMILES string of the molecule is CCC(N)C(c1cccc(Br)c1)N(C)CC1CCCN1C. The van der Waals surface area contributed by atoms with Crippen molar-refractivity contribution in [1.29, 1.82) is 0 Å². The van der Waals surface area contributed by atoms with Gasteiger partial charge in [0.05, 0.1) is 0 Å². The monoisotopic (exact) mass is 353 g/mol. The summed E-state index contributed by atoms with van der Waals surface area (Å²) in [5.74, 6) is 0. The van der Waals surface area contributed by atoms with Crippen LogP contribution in [0.5, 0.6) is 0 Å². The average molecular weight is 354 g/mol. The minimum absolute atomic E-state index is 0.163. The molecule has 2 rings (SSSR count). The lowest BCUT2D eigenvalue weighted by atomic mass is 9.96. The van der Waals surface area contributed by atoms with Crippen LogP contribution in [0, 0.1) is 0 Å². The van der Waals surface area contributed by atoms with Crippen molar-refractivity contribution in [2.24, 2.45) is 5.73 Å². The molecule has 3 atom stereocenters. The molecule has 0 spiro atoms. The van der Waals surface area contributed by atoms with Gasteiger partial charge in [0, 0.05) is 29.1 Å². The Morgan fingerprint density at radius 2 is 2.24 bits per heavy atom. The maximum atomic E-state index is 6.44. The third-order valence-corrected chi connectivity index (χ3v) is 5.21. The predicted octanol–water partition coefficient (Wildman–Crippen LogP) is 3.25. The number of likely N-dealkylation sites (tertiary alicyclic amines) is 1. The van der Waals surface area contributed by atoms with E-state index < -0.39 is 0 Å². The fourth-order valence-corrected chi connectivity index (χ4v) is 3.82. The van der Waals surface area contributed by atoms with Crippen LogP contribution in [-0.2, 0) is 0 Å². The molecule has 21 heavy (non-hydrogen) atoms. The standard InChI is InChI=1S/C17H28BrN3/c1-4-16(19)17(13-7-5-8-14(18)11-13)21(3)12-15-9-6-10-20(15)2/h5,7-8,11,15-17H,4,6,9-10,12,19H2,1-3H3. The Morgan fingerprint density at radius 3 is 2.81 bits per heavy atom. The maximum Gasteiger partial charge on any atom is 0.0497 e. The van der Waals surface area contributed by atoms with Crippen LogP contribution in [-0.4, -0.2) is 49.1 Å². The highest BCUT2D eigenvalue weighted by molar-refractivity contribution is 9.10. The van der Waals surface area contributed by atoms with E-state index in [0.717, 1.165) is 17.4 Å². The van der Waals surface area contributed by atoms with Gasteiger partial charge in [0.15, 0.2) is 0 Å². The molecule has 0 saturated carbocycles. The number of benzene rings is 1. The molecule has 0 radical (unpaired) electrons. The highest BCUT2D eigenvalue weighted by Crippen LogP contribution is 2.28. The second-order valence-electron chi connectivity index (χ2n) is 6.29. The van der Waals surface area contributed by atoms with Crippen LogP contribution in [0.15, 0.2) is 28.7 Å². The Balaban J connectivity index is 2.15. The van der Waals surface area contributed by atoms with E-state index in [1.807, 2.05) is 0 Å². The summed E-state index contributed by atoms with van der Waals surface area (Å²) in [6.45, 7) is 4.48. The topological polar surface area (TPSA) is 32.5 Å². The first-order valence-corrected chi connectivity index (χ1v) is 8.73. The van der Waals surface area contributed by atoms with E-state index in [4.69, 9.17) is 5.73 Å². The highest BCUT2D eigenvalue weighted by Gasteiger charge is 2.28. The van der Waals surface area contributed by atoms with Gasteiger partial charge in [0.25, 0.3) is 0 Å². The summed E-state index contributed by atoms with van der Waals surface area (Å²) in [6.07, 6.45) is 3.60. The van der Waals surface area contributed by atoms with Crippen molar-refractivity contribution in [2.45, 2.75) is 44.3 Å². The number of hydrogen-bond acceptors (Lipinski definition) is 3. The lowest BCUT2D eigenvalue weighted by Gasteiger charge is -2.35. The molecule has 0 amide bonds. The molecule has 3 nitrogen and oxygen atoms in total. The Morgan fingerprint density at radius 1 is 1.48 bits per heavy atom. The fourth-order valence-electron chi connectivity index (χ4n) is 3.40. The molecule has 118 valence electrons. The number of rotatable bonds is 6. The predicted molar refractivity (Wildman–Crippen MR) is 93.4 cm³/mol. The second-order valence-corrected chi connectivity index (χ2v) is 7.20. The summed E-state index contributed by atoms with van der Waals surface area (Å²) in [7, 11) is 4.45. The first-order chi connectivity index (χ1) is 10.0. The van der Waals surface area contributed by atoms with E-state index in [0.29, 0.717) is 6.04 Å².